The van der Waals surface area contributed by atoms with Crippen molar-refractivity contribution in [3.8, 4) is 0 Å². The molecule has 1 aromatic heterocycles. The van der Waals surface area contributed by atoms with Crippen LogP contribution < -0.4 is 9.79 Å². The van der Waals surface area contributed by atoms with Gasteiger partial charge in [-0.05, 0) is 26.8 Å². The van der Waals surface area contributed by atoms with Crippen LogP contribution in [0.15, 0.2) is 24.4 Å². The number of aromatic nitrogens is 1. The Morgan fingerprint density at radius 1 is 1.38 bits per heavy atom. The average Bonchev–Trinajstić information content (AvgIpc) is 2.02. The van der Waals surface area contributed by atoms with Crippen molar-refractivity contribution in [1.29, 1.82) is 0 Å². The molecule has 0 aliphatic heterocycles. The first-order valence-electron chi connectivity index (χ1n) is 4.10. The van der Waals surface area contributed by atoms with Crippen LogP contribution in [0.3, 0.4) is 0 Å². The summed E-state index contributed by atoms with van der Waals surface area (Å²) in [5, 5.41) is 21.8. The Morgan fingerprint density at radius 3 is 2.46 bits per heavy atom. The van der Waals surface area contributed by atoms with Gasteiger partial charge in [-0.3, -0.25) is 0 Å². The molecule has 13 heavy (non-hydrogen) atoms. The summed E-state index contributed by atoms with van der Waals surface area (Å²) in [7, 11) is 0. The number of nitrogens with zero attached hydrogens (tertiary/aromatic N) is 2. The van der Waals surface area contributed by atoms with Gasteiger partial charge in [0.2, 0.25) is 0 Å². The summed E-state index contributed by atoms with van der Waals surface area (Å²) in [6.07, 6.45) is 1.35. The zero-order valence-corrected chi connectivity index (χ0v) is 8.06. The van der Waals surface area contributed by atoms with Crippen molar-refractivity contribution >= 4 is 5.82 Å². The maximum absolute atomic E-state index is 11.2. The second-order valence-corrected chi connectivity index (χ2v) is 3.87. The third-order valence-electron chi connectivity index (χ3n) is 1.66. The molecule has 1 rings (SSSR count). The molecule has 0 radical (unpaired) electrons. The highest BCUT2D eigenvalue weighted by molar-refractivity contribution is 5.31. The van der Waals surface area contributed by atoms with E-state index in [1.807, 2.05) is 20.8 Å². The Kier molecular flexibility index (Phi) is 2.43. The summed E-state index contributed by atoms with van der Waals surface area (Å²) >= 11 is 0. The van der Waals surface area contributed by atoms with Crippen molar-refractivity contribution in [2.75, 3.05) is 5.06 Å². The number of hydrogen-bond donors (Lipinski definition) is 1. The minimum Gasteiger partial charge on any atom is -0.711 e. The molecule has 1 N–H and O–H groups in total. The molecule has 0 unspecified atom stereocenters. The largest absolute Gasteiger partial charge is 0.711 e. The first-order chi connectivity index (χ1) is 5.93. The Morgan fingerprint density at radius 2 is 2.00 bits per heavy atom. The Labute approximate surface area is 77.6 Å². The molecule has 0 saturated carbocycles. The van der Waals surface area contributed by atoms with E-state index in [1.54, 1.807) is 18.2 Å². The van der Waals surface area contributed by atoms with Gasteiger partial charge >= 0.3 is 5.82 Å². The summed E-state index contributed by atoms with van der Waals surface area (Å²) in [5.74, 6) is 0.231. The summed E-state index contributed by atoms with van der Waals surface area (Å²) < 4.78 is 0.630. The number of rotatable bonds is 1. The summed E-state index contributed by atoms with van der Waals surface area (Å²) in [6.45, 7) is 5.46. The van der Waals surface area contributed by atoms with Crippen molar-refractivity contribution < 1.29 is 9.94 Å². The van der Waals surface area contributed by atoms with Gasteiger partial charge in [-0.2, -0.15) is 0 Å². The number of hydroxylamine groups is 1. The summed E-state index contributed by atoms with van der Waals surface area (Å²) in [4.78, 5) is 0. The number of hydrogen-bond acceptors (Lipinski definition) is 3. The molecular formula is C9H14N2O2. The molecule has 0 aliphatic rings. The molecule has 0 bridgehead atoms. The lowest BCUT2D eigenvalue weighted by Gasteiger charge is -2.24. The molecule has 72 valence electrons. The van der Waals surface area contributed by atoms with Gasteiger partial charge in [0.05, 0.1) is 6.20 Å². The van der Waals surface area contributed by atoms with Gasteiger partial charge in [-0.15, -0.1) is 5.06 Å². The fraction of sp³-hybridized carbons (Fsp3) is 0.444. The number of anilines is 1. The predicted octanol–water partition coefficient (Wildman–Crippen LogP) is 1.31. The number of pyridine rings is 1. The molecule has 4 nitrogen and oxygen atoms in total. The highest BCUT2D eigenvalue weighted by Crippen LogP contribution is 2.16. The molecule has 0 saturated heterocycles. The van der Waals surface area contributed by atoms with Crippen LogP contribution in [0.1, 0.15) is 20.8 Å². The van der Waals surface area contributed by atoms with E-state index < -0.39 is 5.54 Å². The standard InChI is InChI=1S/C9H14N2O2/c1-9(2,3)11(13)8-6-4-5-7-10(8)12/h4-7,13H,1-3H3. The fourth-order valence-electron chi connectivity index (χ4n) is 0.927. The normalized spacial score (nSPS) is 11.4. The van der Waals surface area contributed by atoms with E-state index in [1.165, 1.54) is 6.20 Å². The Bertz CT molecular complexity index is 294. The lowest BCUT2D eigenvalue weighted by molar-refractivity contribution is -0.594. The Hall–Kier alpha value is -1.29. The molecule has 0 spiro atoms. The molecular weight excluding hydrogens is 168 g/mol. The molecule has 0 amide bonds. The summed E-state index contributed by atoms with van der Waals surface area (Å²) in [6, 6.07) is 4.89. The van der Waals surface area contributed by atoms with Crippen LogP contribution in [-0.2, 0) is 0 Å². The van der Waals surface area contributed by atoms with E-state index in [-0.39, 0.29) is 5.82 Å². The predicted molar refractivity (Wildman–Crippen MR) is 49.4 cm³/mol. The smallest absolute Gasteiger partial charge is 0.310 e. The highest BCUT2D eigenvalue weighted by Gasteiger charge is 2.29. The van der Waals surface area contributed by atoms with Gasteiger partial charge in [-0.25, -0.2) is 9.94 Å². The van der Waals surface area contributed by atoms with E-state index in [4.69, 9.17) is 0 Å². The molecule has 1 aromatic rings. The van der Waals surface area contributed by atoms with Gasteiger partial charge in [0.25, 0.3) is 0 Å². The third kappa shape index (κ3) is 2.09. The fourth-order valence-corrected chi connectivity index (χ4v) is 0.927. The SMILES string of the molecule is CC(C)(C)N(O)c1cccc[n+]1[O-]. The van der Waals surface area contributed by atoms with E-state index in [2.05, 4.69) is 0 Å². The minimum absolute atomic E-state index is 0.231. The van der Waals surface area contributed by atoms with Gasteiger partial charge in [0, 0.05) is 6.07 Å². The molecule has 4 heteroatoms. The monoisotopic (exact) mass is 182 g/mol. The third-order valence-corrected chi connectivity index (χ3v) is 1.66. The first kappa shape index (κ1) is 9.80. The van der Waals surface area contributed by atoms with Crippen molar-refractivity contribution in [2.24, 2.45) is 0 Å². The van der Waals surface area contributed by atoms with Gasteiger partial charge in [-0.1, -0.05) is 6.07 Å². The molecule has 1 heterocycles. The average molecular weight is 182 g/mol. The summed E-state index contributed by atoms with van der Waals surface area (Å²) in [5.41, 5.74) is -0.479. The molecule has 0 fully saturated rings. The zero-order valence-electron chi connectivity index (χ0n) is 8.06. The van der Waals surface area contributed by atoms with Crippen LogP contribution >= 0.6 is 0 Å². The first-order valence-corrected chi connectivity index (χ1v) is 4.10. The highest BCUT2D eigenvalue weighted by atomic mass is 16.5. The zero-order chi connectivity index (χ0) is 10.1. The van der Waals surface area contributed by atoms with Crippen LogP contribution in [0.4, 0.5) is 5.82 Å². The van der Waals surface area contributed by atoms with Crippen LogP contribution in [0, 0.1) is 5.21 Å². The van der Waals surface area contributed by atoms with E-state index in [0.29, 0.717) is 4.73 Å². The van der Waals surface area contributed by atoms with Crippen molar-refractivity contribution in [3.63, 3.8) is 0 Å². The maximum Gasteiger partial charge on any atom is 0.310 e. The Balaban J connectivity index is 3.02. The van der Waals surface area contributed by atoms with Crippen LogP contribution in [0.25, 0.3) is 0 Å². The van der Waals surface area contributed by atoms with Crippen molar-refractivity contribution in [2.45, 2.75) is 26.3 Å². The lowest BCUT2D eigenvalue weighted by atomic mass is 10.1. The molecule has 0 aromatic carbocycles. The maximum atomic E-state index is 11.2. The minimum atomic E-state index is -0.479. The van der Waals surface area contributed by atoms with Crippen molar-refractivity contribution in [1.82, 2.24) is 0 Å². The van der Waals surface area contributed by atoms with E-state index >= 15 is 0 Å². The van der Waals surface area contributed by atoms with Crippen molar-refractivity contribution in [3.05, 3.63) is 29.6 Å². The van der Waals surface area contributed by atoms with Gasteiger partial charge in [0.15, 0.2) is 0 Å². The molecule has 0 atom stereocenters. The van der Waals surface area contributed by atoms with Crippen LogP contribution in [-0.4, -0.2) is 10.7 Å². The quantitative estimate of drug-likeness (QED) is 0.405. The lowest BCUT2D eigenvalue weighted by Crippen LogP contribution is -2.45. The molecule has 0 aliphatic carbocycles. The second-order valence-electron chi connectivity index (χ2n) is 3.87. The van der Waals surface area contributed by atoms with Crippen LogP contribution in [0.5, 0.6) is 0 Å². The van der Waals surface area contributed by atoms with E-state index in [9.17, 15) is 10.4 Å². The topological polar surface area (TPSA) is 50.4 Å². The van der Waals surface area contributed by atoms with E-state index in [0.717, 1.165) is 5.06 Å². The van der Waals surface area contributed by atoms with Gasteiger partial charge in [0.1, 0.15) is 5.54 Å². The second kappa shape index (κ2) is 3.22. The van der Waals surface area contributed by atoms with Gasteiger partial charge < -0.3 is 5.21 Å². The van der Waals surface area contributed by atoms with Crippen LogP contribution in [0.2, 0.25) is 0 Å².